The van der Waals surface area contributed by atoms with Crippen molar-refractivity contribution < 1.29 is 24.2 Å². The normalized spacial score (nSPS) is 19.9. The number of aliphatic hydroxyl groups is 1. The molecule has 0 bridgehead atoms. The number of fused-ring (bicyclic) bond motifs is 1. The summed E-state index contributed by atoms with van der Waals surface area (Å²) in [5.41, 5.74) is 1.69. The van der Waals surface area contributed by atoms with Crippen molar-refractivity contribution in [2.24, 2.45) is 0 Å². The summed E-state index contributed by atoms with van der Waals surface area (Å²) >= 11 is 0. The Bertz CT molecular complexity index is 622. The molecular formula is C20H26O5. The molecule has 1 N–H and O–H groups in total. The van der Waals surface area contributed by atoms with E-state index in [0.29, 0.717) is 12.0 Å². The second kappa shape index (κ2) is 9.47. The minimum Gasteiger partial charge on any atom is -0.449 e. The van der Waals surface area contributed by atoms with Gasteiger partial charge in [0.2, 0.25) is 0 Å². The van der Waals surface area contributed by atoms with Gasteiger partial charge in [-0.15, -0.1) is 0 Å². The Labute approximate surface area is 148 Å². The van der Waals surface area contributed by atoms with E-state index in [4.69, 9.17) is 4.74 Å². The van der Waals surface area contributed by atoms with Crippen molar-refractivity contribution >= 4 is 17.5 Å². The summed E-state index contributed by atoms with van der Waals surface area (Å²) in [7, 11) is 0. The summed E-state index contributed by atoms with van der Waals surface area (Å²) < 4.78 is 5.49. The average Bonchev–Trinajstić information content (AvgIpc) is 2.58. The number of ether oxygens (including phenoxy) is 1. The third-order valence-corrected chi connectivity index (χ3v) is 4.42. The van der Waals surface area contributed by atoms with Crippen LogP contribution >= 0.6 is 0 Å². The van der Waals surface area contributed by atoms with Crippen LogP contribution in [0.2, 0.25) is 0 Å². The number of Topliss-reactive ketones (excluding diaryl/α,β-unsaturated/α-hetero) is 2. The van der Waals surface area contributed by atoms with Gasteiger partial charge < -0.3 is 9.84 Å². The van der Waals surface area contributed by atoms with Gasteiger partial charge >= 0.3 is 5.97 Å². The van der Waals surface area contributed by atoms with E-state index in [9.17, 15) is 19.5 Å². The molecule has 1 aliphatic heterocycles. The van der Waals surface area contributed by atoms with E-state index >= 15 is 0 Å². The van der Waals surface area contributed by atoms with Crippen LogP contribution in [0.3, 0.4) is 0 Å². The molecule has 5 nitrogen and oxygen atoms in total. The monoisotopic (exact) mass is 346 g/mol. The van der Waals surface area contributed by atoms with Crippen molar-refractivity contribution in [3.63, 3.8) is 0 Å². The number of hydrogen-bond acceptors (Lipinski definition) is 5. The standard InChI is InChI=1S/C20H26O5/c1-14(21)12-16(22)13-18(23)20-17-10-7-6-9-15(17)8-4-2-3-5-11-19(24)25-20/h6-7,9-10,16,20,22H,2-5,8,11-13H2,1H3/t16-,20+/m0/s1. The maximum Gasteiger partial charge on any atom is 0.306 e. The lowest BCUT2D eigenvalue weighted by Gasteiger charge is -2.21. The Morgan fingerprint density at radius 3 is 2.52 bits per heavy atom. The Balaban J connectivity index is 2.25. The van der Waals surface area contributed by atoms with Crippen LogP contribution in [0.25, 0.3) is 0 Å². The van der Waals surface area contributed by atoms with Gasteiger partial charge in [0.25, 0.3) is 0 Å². The highest BCUT2D eigenvalue weighted by Gasteiger charge is 2.29. The van der Waals surface area contributed by atoms with E-state index in [0.717, 1.165) is 37.7 Å². The highest BCUT2D eigenvalue weighted by atomic mass is 16.5. The molecule has 1 heterocycles. The molecule has 2 rings (SSSR count). The van der Waals surface area contributed by atoms with E-state index in [1.54, 1.807) is 6.07 Å². The van der Waals surface area contributed by atoms with Crippen molar-refractivity contribution in [1.82, 2.24) is 0 Å². The van der Waals surface area contributed by atoms with Crippen molar-refractivity contribution in [2.45, 2.75) is 70.5 Å². The van der Waals surface area contributed by atoms with Gasteiger partial charge in [0, 0.05) is 24.8 Å². The molecule has 0 amide bonds. The summed E-state index contributed by atoms with van der Waals surface area (Å²) in [5, 5.41) is 9.92. The van der Waals surface area contributed by atoms with Crippen LogP contribution < -0.4 is 0 Å². The van der Waals surface area contributed by atoms with E-state index in [1.165, 1.54) is 6.92 Å². The molecule has 0 unspecified atom stereocenters. The summed E-state index contributed by atoms with van der Waals surface area (Å²) in [6.45, 7) is 1.37. The SMILES string of the molecule is CC(=O)C[C@H](O)CC(=O)[C@@H]1OC(=O)CCCCCCc2ccccc21. The number of ketones is 2. The molecule has 0 radical (unpaired) electrons. The van der Waals surface area contributed by atoms with Gasteiger partial charge in [-0.25, -0.2) is 0 Å². The van der Waals surface area contributed by atoms with Crippen LogP contribution in [0, 0.1) is 0 Å². The largest absolute Gasteiger partial charge is 0.449 e. The molecule has 0 fully saturated rings. The van der Waals surface area contributed by atoms with Crippen LogP contribution in [0.4, 0.5) is 0 Å². The third kappa shape index (κ3) is 6.09. The third-order valence-electron chi connectivity index (χ3n) is 4.42. The van der Waals surface area contributed by atoms with E-state index in [1.807, 2.05) is 18.2 Å². The Morgan fingerprint density at radius 1 is 1.12 bits per heavy atom. The first kappa shape index (κ1) is 19.3. The van der Waals surface area contributed by atoms with E-state index < -0.39 is 18.2 Å². The van der Waals surface area contributed by atoms with Gasteiger partial charge in [0.05, 0.1) is 6.10 Å². The smallest absolute Gasteiger partial charge is 0.306 e. The fourth-order valence-corrected chi connectivity index (χ4v) is 3.19. The topological polar surface area (TPSA) is 80.7 Å². The van der Waals surface area contributed by atoms with Gasteiger partial charge in [-0.2, -0.15) is 0 Å². The first-order valence-corrected chi connectivity index (χ1v) is 8.95. The lowest BCUT2D eigenvalue weighted by molar-refractivity contribution is -0.156. The quantitative estimate of drug-likeness (QED) is 0.829. The fourth-order valence-electron chi connectivity index (χ4n) is 3.19. The zero-order valence-electron chi connectivity index (χ0n) is 14.7. The molecule has 0 spiro atoms. The summed E-state index contributed by atoms with van der Waals surface area (Å²) in [5.74, 6) is -0.940. The van der Waals surface area contributed by atoms with Crippen LogP contribution in [0.5, 0.6) is 0 Å². The number of esters is 1. The van der Waals surface area contributed by atoms with Gasteiger partial charge in [-0.3, -0.25) is 14.4 Å². The molecule has 1 aliphatic rings. The molecule has 0 saturated carbocycles. The molecule has 136 valence electrons. The highest BCUT2D eigenvalue weighted by molar-refractivity contribution is 5.88. The predicted octanol–water partition coefficient (Wildman–Crippen LogP) is 3.08. The number of benzene rings is 1. The van der Waals surface area contributed by atoms with Gasteiger partial charge in [0.15, 0.2) is 11.9 Å². The first-order chi connectivity index (χ1) is 12.0. The number of carbonyl (C=O) groups excluding carboxylic acids is 3. The number of rotatable bonds is 5. The van der Waals surface area contributed by atoms with Crippen LogP contribution in [0.1, 0.15) is 69.1 Å². The highest BCUT2D eigenvalue weighted by Crippen LogP contribution is 2.28. The number of aryl methyl sites for hydroxylation is 1. The molecule has 0 aromatic heterocycles. The van der Waals surface area contributed by atoms with E-state index in [-0.39, 0.29) is 24.4 Å². The van der Waals surface area contributed by atoms with Gasteiger partial charge in [-0.1, -0.05) is 37.1 Å². The Hall–Kier alpha value is -2.01. The molecule has 5 heteroatoms. The summed E-state index contributed by atoms with van der Waals surface area (Å²) in [4.78, 5) is 35.9. The predicted molar refractivity (Wildman–Crippen MR) is 93.0 cm³/mol. The lowest BCUT2D eigenvalue weighted by atomic mass is 9.93. The molecule has 0 aliphatic carbocycles. The number of cyclic esters (lactones) is 1. The minimum absolute atomic E-state index is 0.0753. The van der Waals surface area contributed by atoms with Crippen molar-refractivity contribution in [3.8, 4) is 0 Å². The zero-order chi connectivity index (χ0) is 18.2. The number of hydrogen-bond donors (Lipinski definition) is 1. The van der Waals surface area contributed by atoms with Crippen molar-refractivity contribution in [3.05, 3.63) is 35.4 Å². The maximum atomic E-state index is 12.7. The lowest BCUT2D eigenvalue weighted by Crippen LogP contribution is -2.25. The molecule has 1 aromatic rings. The zero-order valence-corrected chi connectivity index (χ0v) is 14.7. The minimum atomic E-state index is -1.05. The molecule has 25 heavy (non-hydrogen) atoms. The van der Waals surface area contributed by atoms with Crippen LogP contribution in [-0.4, -0.2) is 28.7 Å². The van der Waals surface area contributed by atoms with Crippen molar-refractivity contribution in [2.75, 3.05) is 0 Å². The number of carbonyl (C=O) groups is 3. The maximum absolute atomic E-state index is 12.7. The van der Waals surface area contributed by atoms with Gasteiger partial charge in [0.1, 0.15) is 5.78 Å². The van der Waals surface area contributed by atoms with Crippen LogP contribution in [-0.2, 0) is 25.5 Å². The Morgan fingerprint density at radius 2 is 1.80 bits per heavy atom. The molecule has 2 atom stereocenters. The fraction of sp³-hybridized carbons (Fsp3) is 0.550. The number of aliphatic hydroxyl groups excluding tert-OH is 1. The first-order valence-electron chi connectivity index (χ1n) is 8.95. The molecule has 1 aromatic carbocycles. The average molecular weight is 346 g/mol. The summed E-state index contributed by atoms with van der Waals surface area (Å²) in [6.07, 6.45) is 2.54. The molecular weight excluding hydrogens is 320 g/mol. The summed E-state index contributed by atoms with van der Waals surface area (Å²) in [6, 6.07) is 7.48. The Kier molecular flexibility index (Phi) is 7.31. The van der Waals surface area contributed by atoms with Gasteiger partial charge in [-0.05, 0) is 31.7 Å². The van der Waals surface area contributed by atoms with Crippen LogP contribution in [0.15, 0.2) is 24.3 Å². The molecule has 0 saturated heterocycles. The second-order valence-corrected chi connectivity index (χ2v) is 6.71. The van der Waals surface area contributed by atoms with Crippen molar-refractivity contribution in [1.29, 1.82) is 0 Å². The second-order valence-electron chi connectivity index (χ2n) is 6.71. The van der Waals surface area contributed by atoms with E-state index in [2.05, 4.69) is 0 Å².